The van der Waals surface area contributed by atoms with Gasteiger partial charge in [-0.15, -0.1) is 0 Å². The largest absolute Gasteiger partial charge is 0.480 e. The molecule has 7 nitrogen and oxygen atoms in total. The molecule has 0 radical (unpaired) electrons. The van der Waals surface area contributed by atoms with E-state index in [1.54, 1.807) is 4.90 Å². The van der Waals surface area contributed by atoms with Gasteiger partial charge in [-0.2, -0.15) is 0 Å². The highest BCUT2D eigenvalue weighted by atomic mass is 16.4. The van der Waals surface area contributed by atoms with E-state index in [2.05, 4.69) is 5.32 Å². The van der Waals surface area contributed by atoms with E-state index in [0.717, 1.165) is 0 Å². The Morgan fingerprint density at radius 1 is 1.47 bits per heavy atom. The molecule has 2 amide bonds. The first-order chi connectivity index (χ1) is 8.86. The number of nitrogens with one attached hydrogen (secondary N) is 1. The summed E-state index contributed by atoms with van der Waals surface area (Å²) in [5, 5.41) is 20.0. The van der Waals surface area contributed by atoms with Crippen molar-refractivity contribution in [1.82, 2.24) is 10.2 Å². The average molecular weight is 272 g/mol. The van der Waals surface area contributed by atoms with E-state index in [-0.39, 0.29) is 31.4 Å². The highest BCUT2D eigenvalue weighted by Crippen LogP contribution is 2.20. The molecule has 7 heteroatoms. The number of aliphatic hydroxyl groups is 1. The van der Waals surface area contributed by atoms with Crippen LogP contribution in [0.4, 0.5) is 0 Å². The van der Waals surface area contributed by atoms with E-state index in [9.17, 15) is 14.4 Å². The first kappa shape index (κ1) is 15.4. The number of nitrogens with zero attached hydrogens (tertiary/aromatic N) is 1. The Hall–Kier alpha value is -1.63. The fourth-order valence-electron chi connectivity index (χ4n) is 2.08. The van der Waals surface area contributed by atoms with Crippen LogP contribution in [0.3, 0.4) is 0 Å². The van der Waals surface area contributed by atoms with Gasteiger partial charge in [-0.1, -0.05) is 0 Å². The number of carboxylic acids is 1. The fourth-order valence-corrected chi connectivity index (χ4v) is 2.08. The number of likely N-dealkylation sites (tertiary alicyclic amines) is 1. The van der Waals surface area contributed by atoms with Crippen LogP contribution in [0.15, 0.2) is 0 Å². The molecule has 1 heterocycles. The molecule has 1 saturated heterocycles. The number of hydrogen-bond donors (Lipinski definition) is 3. The Balaban J connectivity index is 2.59. The summed E-state index contributed by atoms with van der Waals surface area (Å²) in [5.41, 5.74) is 0. The average Bonchev–Trinajstić information content (AvgIpc) is 2.70. The van der Waals surface area contributed by atoms with Gasteiger partial charge >= 0.3 is 5.97 Å². The number of rotatable bonds is 6. The third-order valence-electron chi connectivity index (χ3n) is 3.18. The summed E-state index contributed by atoms with van der Waals surface area (Å²) < 4.78 is 0. The third kappa shape index (κ3) is 3.92. The molecule has 108 valence electrons. The maximum Gasteiger partial charge on any atom is 0.326 e. The van der Waals surface area contributed by atoms with Gasteiger partial charge in [0.05, 0.1) is 5.92 Å². The van der Waals surface area contributed by atoms with Gasteiger partial charge in [0.2, 0.25) is 11.8 Å². The molecule has 1 unspecified atom stereocenters. The number of carbonyl (C=O) groups excluding carboxylic acids is 2. The second kappa shape index (κ2) is 6.51. The lowest BCUT2D eigenvalue weighted by molar-refractivity contribution is -0.142. The minimum atomic E-state index is -1.19. The Morgan fingerprint density at radius 3 is 2.53 bits per heavy atom. The van der Waals surface area contributed by atoms with Crippen molar-refractivity contribution in [2.45, 2.75) is 38.8 Å². The van der Waals surface area contributed by atoms with Gasteiger partial charge in [0.1, 0.15) is 6.04 Å². The van der Waals surface area contributed by atoms with Gasteiger partial charge in [-0.05, 0) is 13.8 Å². The summed E-state index contributed by atoms with van der Waals surface area (Å²) in [4.78, 5) is 36.1. The van der Waals surface area contributed by atoms with E-state index in [1.807, 2.05) is 13.8 Å². The fraction of sp³-hybridized carbons (Fsp3) is 0.750. The summed E-state index contributed by atoms with van der Waals surface area (Å²) in [5.74, 6) is -2.25. The maximum absolute atomic E-state index is 11.9. The van der Waals surface area contributed by atoms with E-state index in [0.29, 0.717) is 6.54 Å². The molecule has 0 aromatic carbocycles. The van der Waals surface area contributed by atoms with Crippen LogP contribution in [0.5, 0.6) is 0 Å². The summed E-state index contributed by atoms with van der Waals surface area (Å²) in [6, 6.07) is -1.08. The zero-order valence-electron chi connectivity index (χ0n) is 11.1. The van der Waals surface area contributed by atoms with Gasteiger partial charge in [-0.25, -0.2) is 4.79 Å². The molecule has 0 aromatic heterocycles. The highest BCUT2D eigenvalue weighted by molar-refractivity contribution is 5.91. The molecule has 19 heavy (non-hydrogen) atoms. The van der Waals surface area contributed by atoms with Crippen molar-refractivity contribution in [2.75, 3.05) is 13.2 Å². The van der Waals surface area contributed by atoms with Crippen LogP contribution < -0.4 is 5.32 Å². The molecule has 0 saturated carbocycles. The predicted molar refractivity (Wildman–Crippen MR) is 66.2 cm³/mol. The highest BCUT2D eigenvalue weighted by Gasteiger charge is 2.36. The second-order valence-electron chi connectivity index (χ2n) is 4.95. The van der Waals surface area contributed by atoms with Crippen molar-refractivity contribution in [3.8, 4) is 0 Å². The molecular formula is C12H20N2O5. The Morgan fingerprint density at radius 2 is 2.11 bits per heavy atom. The summed E-state index contributed by atoms with van der Waals surface area (Å²) >= 11 is 0. The molecule has 0 aliphatic carbocycles. The monoisotopic (exact) mass is 272 g/mol. The molecule has 0 spiro atoms. The smallest absolute Gasteiger partial charge is 0.326 e. The van der Waals surface area contributed by atoms with Gasteiger partial charge in [0.25, 0.3) is 0 Å². The number of carboxylic acid groups (broad SMARTS) is 1. The van der Waals surface area contributed by atoms with Crippen LogP contribution in [0.1, 0.15) is 26.7 Å². The van der Waals surface area contributed by atoms with Gasteiger partial charge in [0.15, 0.2) is 0 Å². The quantitative estimate of drug-likeness (QED) is 0.586. The van der Waals surface area contributed by atoms with E-state index < -0.39 is 23.8 Å². The Labute approximate surface area is 111 Å². The first-order valence-electron chi connectivity index (χ1n) is 6.30. The lowest BCUT2D eigenvalue weighted by Gasteiger charge is -2.21. The summed E-state index contributed by atoms with van der Waals surface area (Å²) in [6.07, 6.45) is 0.0606. The number of amides is 2. The molecular weight excluding hydrogens is 252 g/mol. The zero-order valence-corrected chi connectivity index (χ0v) is 11.1. The van der Waals surface area contributed by atoms with E-state index in [1.165, 1.54) is 0 Å². The maximum atomic E-state index is 11.9. The van der Waals surface area contributed by atoms with Crippen LogP contribution >= 0.6 is 0 Å². The molecule has 1 rings (SSSR count). The molecule has 0 aromatic rings. The Bertz CT molecular complexity index is 369. The summed E-state index contributed by atoms with van der Waals surface area (Å²) in [6.45, 7) is 3.72. The van der Waals surface area contributed by atoms with Crippen molar-refractivity contribution in [3.05, 3.63) is 0 Å². The molecule has 1 fully saturated rings. The van der Waals surface area contributed by atoms with Gasteiger partial charge in [-0.3, -0.25) is 9.59 Å². The molecule has 0 bridgehead atoms. The number of hydrogen-bond acceptors (Lipinski definition) is 4. The van der Waals surface area contributed by atoms with Crippen LogP contribution in [0.2, 0.25) is 0 Å². The minimum absolute atomic E-state index is 0.0259. The third-order valence-corrected chi connectivity index (χ3v) is 3.18. The SMILES string of the molecule is CC(C)N1CC(C(=O)N[C@@H](CCO)C(=O)O)CC1=O. The van der Waals surface area contributed by atoms with Gasteiger partial charge in [0, 0.05) is 32.0 Å². The van der Waals surface area contributed by atoms with Crippen molar-refractivity contribution in [2.24, 2.45) is 5.92 Å². The number of carbonyl (C=O) groups is 3. The van der Waals surface area contributed by atoms with Crippen LogP contribution in [0.25, 0.3) is 0 Å². The second-order valence-corrected chi connectivity index (χ2v) is 4.95. The van der Waals surface area contributed by atoms with Crippen molar-refractivity contribution in [3.63, 3.8) is 0 Å². The van der Waals surface area contributed by atoms with Crippen molar-refractivity contribution < 1.29 is 24.6 Å². The standard InChI is InChI=1S/C12H20N2O5/c1-7(2)14-6-8(5-10(14)16)11(17)13-9(3-4-15)12(18)19/h7-9,15H,3-6H2,1-2H3,(H,13,17)(H,18,19)/t8?,9-/m0/s1. The topological polar surface area (TPSA) is 107 Å². The molecule has 1 aliphatic heterocycles. The van der Waals surface area contributed by atoms with Gasteiger partial charge < -0.3 is 20.4 Å². The van der Waals surface area contributed by atoms with E-state index >= 15 is 0 Å². The first-order valence-corrected chi connectivity index (χ1v) is 6.30. The van der Waals surface area contributed by atoms with Crippen LogP contribution in [0, 0.1) is 5.92 Å². The normalized spacial score (nSPS) is 20.7. The molecule has 1 aliphatic rings. The number of aliphatic carboxylic acids is 1. The lowest BCUT2D eigenvalue weighted by atomic mass is 10.1. The molecule has 2 atom stereocenters. The van der Waals surface area contributed by atoms with Crippen LogP contribution in [-0.4, -0.2) is 58.1 Å². The van der Waals surface area contributed by atoms with Crippen molar-refractivity contribution in [1.29, 1.82) is 0 Å². The zero-order chi connectivity index (χ0) is 14.6. The van der Waals surface area contributed by atoms with Crippen LogP contribution in [-0.2, 0) is 14.4 Å². The predicted octanol–water partition coefficient (Wildman–Crippen LogP) is -0.805. The molecule has 3 N–H and O–H groups in total. The Kier molecular flexibility index (Phi) is 5.29. The minimum Gasteiger partial charge on any atom is -0.480 e. The number of aliphatic hydroxyl groups excluding tert-OH is 1. The van der Waals surface area contributed by atoms with E-state index in [4.69, 9.17) is 10.2 Å². The van der Waals surface area contributed by atoms with Crippen molar-refractivity contribution >= 4 is 17.8 Å². The summed E-state index contributed by atoms with van der Waals surface area (Å²) in [7, 11) is 0. The lowest BCUT2D eigenvalue weighted by Crippen LogP contribution is -2.44.